The molecule has 1 amide bonds. The summed E-state index contributed by atoms with van der Waals surface area (Å²) in [6.07, 6.45) is 3.71. The van der Waals surface area contributed by atoms with E-state index in [1.54, 1.807) is 6.07 Å². The van der Waals surface area contributed by atoms with Crippen LogP contribution < -0.4 is 11.1 Å². The maximum Gasteiger partial charge on any atom is 0.428 e. The smallest absolute Gasteiger partial charge is 0.407 e. The summed E-state index contributed by atoms with van der Waals surface area (Å²) in [6.45, 7) is 0.427. The third-order valence-electron chi connectivity index (χ3n) is 5.43. The number of aromatic nitrogens is 1. The third-order valence-corrected chi connectivity index (χ3v) is 5.43. The van der Waals surface area contributed by atoms with E-state index in [2.05, 4.69) is 17.4 Å². The zero-order valence-electron chi connectivity index (χ0n) is 17.9. The number of hydrogen-bond donors (Lipinski definition) is 1. The van der Waals surface area contributed by atoms with Gasteiger partial charge in [0.05, 0.1) is 11.1 Å². The molecule has 0 saturated heterocycles. The molecule has 0 radical (unpaired) electrons. The summed E-state index contributed by atoms with van der Waals surface area (Å²) in [4.78, 5) is 37.4. The summed E-state index contributed by atoms with van der Waals surface area (Å²) in [5.74, 6) is -2.02. The van der Waals surface area contributed by atoms with Gasteiger partial charge in [-0.3, -0.25) is 4.79 Å². The molecular formula is C26H23FN2O4. The molecule has 0 unspecified atom stereocenters. The van der Waals surface area contributed by atoms with Crippen LogP contribution in [0.3, 0.4) is 0 Å². The van der Waals surface area contributed by atoms with Gasteiger partial charge in [0.25, 0.3) is 0 Å². The predicted molar refractivity (Wildman–Crippen MR) is 123 cm³/mol. The zero-order chi connectivity index (χ0) is 23.2. The van der Waals surface area contributed by atoms with Crippen LogP contribution in [0.5, 0.6) is 0 Å². The van der Waals surface area contributed by atoms with Crippen LogP contribution >= 0.6 is 0 Å². The Kier molecular flexibility index (Phi) is 6.78. The number of ketones is 1. The highest BCUT2D eigenvalue weighted by atomic mass is 19.1. The number of nitrogens with zero attached hydrogens (tertiary/aromatic N) is 1. The highest BCUT2D eigenvalue weighted by Gasteiger charge is 2.19. The van der Waals surface area contributed by atoms with E-state index in [9.17, 15) is 18.8 Å². The topological polar surface area (TPSA) is 81.3 Å². The van der Waals surface area contributed by atoms with Crippen LogP contribution in [0.4, 0.5) is 9.18 Å². The Morgan fingerprint density at radius 2 is 1.67 bits per heavy atom. The number of amides is 1. The Bertz CT molecular complexity index is 1340. The molecule has 0 atom stereocenters. The molecule has 0 bridgehead atoms. The van der Waals surface area contributed by atoms with Crippen molar-refractivity contribution in [2.75, 3.05) is 6.54 Å². The van der Waals surface area contributed by atoms with Gasteiger partial charge in [-0.15, -0.1) is 0 Å². The lowest BCUT2D eigenvalue weighted by atomic mass is 10.0. The molecule has 0 aliphatic heterocycles. The van der Waals surface area contributed by atoms with Crippen molar-refractivity contribution in [2.24, 2.45) is 0 Å². The molecule has 6 nitrogen and oxygen atoms in total. The van der Waals surface area contributed by atoms with Gasteiger partial charge in [0.2, 0.25) is 0 Å². The number of rotatable bonds is 8. The number of benzene rings is 3. The van der Waals surface area contributed by atoms with E-state index >= 15 is 0 Å². The number of oxazole rings is 1. The lowest BCUT2D eigenvalue weighted by molar-refractivity contribution is 0.103. The summed E-state index contributed by atoms with van der Waals surface area (Å²) in [6, 6.07) is 19.5. The first-order chi connectivity index (χ1) is 16.0. The summed E-state index contributed by atoms with van der Waals surface area (Å²) >= 11 is 0. The van der Waals surface area contributed by atoms with Crippen molar-refractivity contribution in [3.63, 3.8) is 0 Å². The maximum absolute atomic E-state index is 13.9. The third kappa shape index (κ3) is 5.09. The van der Waals surface area contributed by atoms with Gasteiger partial charge in [-0.2, -0.15) is 4.57 Å². The van der Waals surface area contributed by atoms with E-state index in [4.69, 9.17) is 4.42 Å². The number of fused-ring (bicyclic) bond motifs is 1. The molecule has 168 valence electrons. The minimum atomic E-state index is -0.845. The Morgan fingerprint density at radius 1 is 0.909 bits per heavy atom. The Morgan fingerprint density at radius 3 is 2.45 bits per heavy atom. The number of carbonyl (C=O) groups is 2. The van der Waals surface area contributed by atoms with Crippen LogP contribution in [0.2, 0.25) is 0 Å². The summed E-state index contributed by atoms with van der Waals surface area (Å²) in [5.41, 5.74) is 1.69. The molecule has 7 heteroatoms. The average molecular weight is 446 g/mol. The molecule has 4 aromatic rings. The van der Waals surface area contributed by atoms with Gasteiger partial charge in [0, 0.05) is 12.1 Å². The number of carbonyl (C=O) groups excluding carboxylic acids is 2. The molecule has 1 N–H and O–H groups in total. The zero-order valence-corrected chi connectivity index (χ0v) is 17.9. The quantitative estimate of drug-likeness (QED) is 0.307. The fourth-order valence-corrected chi connectivity index (χ4v) is 3.70. The van der Waals surface area contributed by atoms with Gasteiger partial charge >= 0.3 is 11.8 Å². The molecule has 0 spiro atoms. The van der Waals surface area contributed by atoms with Crippen molar-refractivity contribution in [3.05, 3.63) is 106 Å². The van der Waals surface area contributed by atoms with E-state index in [1.807, 2.05) is 18.2 Å². The first-order valence-corrected chi connectivity index (χ1v) is 10.8. The fourth-order valence-electron chi connectivity index (χ4n) is 3.70. The highest BCUT2D eigenvalue weighted by molar-refractivity contribution is 6.10. The Labute approximate surface area is 189 Å². The summed E-state index contributed by atoms with van der Waals surface area (Å²) in [5, 5.41) is 2.73. The number of unbranched alkanes of at least 4 members (excludes halogenated alkanes) is 2. The molecule has 0 saturated carbocycles. The first-order valence-electron chi connectivity index (χ1n) is 10.8. The minimum absolute atomic E-state index is 0.0800. The fraction of sp³-hybridized carbons (Fsp3) is 0.192. The Balaban J connectivity index is 1.38. The normalized spacial score (nSPS) is 10.9. The monoisotopic (exact) mass is 446 g/mol. The van der Waals surface area contributed by atoms with Crippen molar-refractivity contribution in [1.29, 1.82) is 0 Å². The second-order valence-corrected chi connectivity index (χ2v) is 7.72. The van der Waals surface area contributed by atoms with E-state index in [-0.39, 0.29) is 22.2 Å². The molecular weight excluding hydrogens is 423 g/mol. The molecule has 0 aliphatic carbocycles. The molecule has 33 heavy (non-hydrogen) atoms. The SMILES string of the molecule is O=C(c1ccc2c(c1)oc(=O)n2C(=O)NCCCCCc1ccccc1)c1ccccc1F. The van der Waals surface area contributed by atoms with Crippen molar-refractivity contribution < 1.29 is 18.4 Å². The van der Waals surface area contributed by atoms with E-state index in [1.165, 1.54) is 42.0 Å². The van der Waals surface area contributed by atoms with Gasteiger partial charge < -0.3 is 9.73 Å². The van der Waals surface area contributed by atoms with Crippen molar-refractivity contribution in [1.82, 2.24) is 9.88 Å². The van der Waals surface area contributed by atoms with Crippen LogP contribution in [0, 0.1) is 5.82 Å². The number of aryl methyl sites for hydroxylation is 1. The van der Waals surface area contributed by atoms with Crippen molar-refractivity contribution in [2.45, 2.75) is 25.7 Å². The molecule has 1 aromatic heterocycles. The molecule has 1 heterocycles. The number of nitrogens with one attached hydrogen (secondary N) is 1. The molecule has 0 aliphatic rings. The Hall–Kier alpha value is -4.00. The predicted octanol–water partition coefficient (Wildman–Crippen LogP) is 4.94. The van der Waals surface area contributed by atoms with Gasteiger partial charge in [-0.25, -0.2) is 14.0 Å². The largest absolute Gasteiger partial charge is 0.428 e. The highest BCUT2D eigenvalue weighted by Crippen LogP contribution is 2.19. The van der Waals surface area contributed by atoms with E-state index < -0.39 is 23.4 Å². The van der Waals surface area contributed by atoms with E-state index in [0.29, 0.717) is 6.54 Å². The number of halogens is 1. The maximum atomic E-state index is 13.9. The average Bonchev–Trinajstić information content (AvgIpc) is 3.16. The van der Waals surface area contributed by atoms with Crippen LogP contribution in [0.25, 0.3) is 11.1 Å². The van der Waals surface area contributed by atoms with Gasteiger partial charge in [-0.05, 0) is 55.2 Å². The van der Waals surface area contributed by atoms with Crippen molar-refractivity contribution >= 4 is 22.9 Å². The molecule has 3 aromatic carbocycles. The van der Waals surface area contributed by atoms with Crippen LogP contribution in [-0.4, -0.2) is 22.9 Å². The summed E-state index contributed by atoms with van der Waals surface area (Å²) < 4.78 is 20.0. The van der Waals surface area contributed by atoms with E-state index in [0.717, 1.165) is 30.3 Å². The lowest BCUT2D eigenvalue weighted by Gasteiger charge is -2.06. The second-order valence-electron chi connectivity index (χ2n) is 7.72. The summed E-state index contributed by atoms with van der Waals surface area (Å²) in [7, 11) is 0. The molecule has 4 rings (SSSR count). The van der Waals surface area contributed by atoms with Crippen LogP contribution in [0.15, 0.2) is 82.0 Å². The van der Waals surface area contributed by atoms with Gasteiger partial charge in [0.15, 0.2) is 11.4 Å². The minimum Gasteiger partial charge on any atom is -0.407 e. The second kappa shape index (κ2) is 10.1. The number of hydrogen-bond acceptors (Lipinski definition) is 4. The van der Waals surface area contributed by atoms with Crippen LogP contribution in [-0.2, 0) is 6.42 Å². The van der Waals surface area contributed by atoms with Gasteiger partial charge in [0.1, 0.15) is 5.82 Å². The van der Waals surface area contributed by atoms with Crippen molar-refractivity contribution in [3.8, 4) is 0 Å². The lowest BCUT2D eigenvalue weighted by Crippen LogP contribution is -2.34. The first kappa shape index (κ1) is 22.2. The van der Waals surface area contributed by atoms with Crippen LogP contribution in [0.1, 0.15) is 40.7 Å². The van der Waals surface area contributed by atoms with Gasteiger partial charge in [-0.1, -0.05) is 48.9 Å². The molecule has 0 fully saturated rings. The standard InChI is InChI=1S/C26H23FN2O4/c27-21-13-7-6-12-20(21)24(30)19-14-15-22-23(17-19)33-26(32)29(22)25(31)28-16-8-2-5-11-18-9-3-1-4-10-18/h1,3-4,6-7,9-10,12-15,17H,2,5,8,11,16H2,(H,28,31).